The van der Waals surface area contributed by atoms with Crippen LogP contribution in [0.3, 0.4) is 0 Å². The molecule has 134 valence electrons. The zero-order valence-corrected chi connectivity index (χ0v) is 15.4. The zero-order chi connectivity index (χ0) is 17.9. The Morgan fingerprint density at radius 3 is 2.96 bits per heavy atom. The number of hydrogen-bond acceptors (Lipinski definition) is 6. The molecule has 0 spiro atoms. The van der Waals surface area contributed by atoms with Crippen molar-refractivity contribution in [2.75, 3.05) is 5.32 Å². The van der Waals surface area contributed by atoms with Crippen molar-refractivity contribution in [1.29, 1.82) is 0 Å². The average Bonchev–Trinajstić information content (AvgIpc) is 3.40. The second-order valence-electron chi connectivity index (χ2n) is 5.71. The Bertz CT molecular complexity index is 916. The monoisotopic (exact) mass is 388 g/mol. The number of rotatable bonds is 6. The van der Waals surface area contributed by atoms with E-state index in [0.717, 1.165) is 22.8 Å². The molecule has 7 nitrogen and oxygen atoms in total. The van der Waals surface area contributed by atoms with Crippen LogP contribution in [0.25, 0.3) is 0 Å². The first-order valence-electron chi connectivity index (χ1n) is 8.01. The molecule has 2 N–H and O–H groups in total. The van der Waals surface area contributed by atoms with Gasteiger partial charge in [-0.05, 0) is 23.6 Å². The summed E-state index contributed by atoms with van der Waals surface area (Å²) >= 11 is 3.12. The van der Waals surface area contributed by atoms with Gasteiger partial charge in [-0.15, -0.1) is 11.3 Å². The molecular weight excluding hydrogens is 372 g/mol. The highest BCUT2D eigenvalue weighted by Gasteiger charge is 2.25. The number of nitrogens with zero attached hydrogens (tertiary/aromatic N) is 2. The summed E-state index contributed by atoms with van der Waals surface area (Å²) in [5, 5.41) is 12.1. The largest absolute Gasteiger partial charge is 0.467 e. The molecular formula is C17H16N4O3S2. The van der Waals surface area contributed by atoms with Gasteiger partial charge in [0.15, 0.2) is 0 Å². The summed E-state index contributed by atoms with van der Waals surface area (Å²) in [6.45, 7) is 0.359. The lowest BCUT2D eigenvalue weighted by atomic mass is 10.2. The van der Waals surface area contributed by atoms with E-state index in [2.05, 4.69) is 15.7 Å². The summed E-state index contributed by atoms with van der Waals surface area (Å²) in [5.41, 5.74) is 1.93. The number of hydrogen-bond donors (Lipinski definition) is 2. The van der Waals surface area contributed by atoms with Gasteiger partial charge in [0.25, 0.3) is 5.91 Å². The molecule has 3 aromatic rings. The van der Waals surface area contributed by atoms with Gasteiger partial charge >= 0.3 is 0 Å². The summed E-state index contributed by atoms with van der Waals surface area (Å²) in [6.07, 6.45) is 1.56. The third-order valence-electron chi connectivity index (χ3n) is 3.93. The van der Waals surface area contributed by atoms with E-state index in [-0.39, 0.29) is 18.4 Å². The standard InChI is InChI=1S/C17H16N4O3S2/c22-15(18-7-11-3-1-5-24-11)8-21-16(12-9-25-10-13(12)20-21)19-17(23)14-4-2-6-26-14/h1-6H,7-10H2,(H,18,22)(H,19,23). The summed E-state index contributed by atoms with van der Waals surface area (Å²) < 4.78 is 6.78. The maximum Gasteiger partial charge on any atom is 0.266 e. The molecule has 9 heteroatoms. The number of furan rings is 1. The summed E-state index contributed by atoms with van der Waals surface area (Å²) in [5.74, 6) is 2.49. The van der Waals surface area contributed by atoms with Crippen molar-refractivity contribution in [3.8, 4) is 0 Å². The van der Waals surface area contributed by atoms with Crippen LogP contribution in [0.4, 0.5) is 5.82 Å². The highest BCUT2D eigenvalue weighted by atomic mass is 32.2. The second kappa shape index (κ2) is 7.38. The molecule has 4 heterocycles. The van der Waals surface area contributed by atoms with Gasteiger partial charge in [0.2, 0.25) is 5.91 Å². The first kappa shape index (κ1) is 16.9. The van der Waals surface area contributed by atoms with Crippen LogP contribution < -0.4 is 10.6 Å². The van der Waals surface area contributed by atoms with E-state index < -0.39 is 0 Å². The summed E-state index contributed by atoms with van der Waals surface area (Å²) in [4.78, 5) is 25.3. The quantitative estimate of drug-likeness (QED) is 0.678. The van der Waals surface area contributed by atoms with E-state index in [4.69, 9.17) is 4.42 Å². The first-order chi connectivity index (χ1) is 12.7. The Balaban J connectivity index is 1.48. The van der Waals surface area contributed by atoms with Gasteiger partial charge in [-0.3, -0.25) is 9.59 Å². The minimum absolute atomic E-state index is 0.0401. The van der Waals surface area contributed by atoms with Crippen molar-refractivity contribution in [3.63, 3.8) is 0 Å². The number of thioether (sulfide) groups is 1. The maximum atomic E-state index is 12.4. The van der Waals surface area contributed by atoms with E-state index in [1.165, 1.54) is 11.3 Å². The van der Waals surface area contributed by atoms with E-state index in [1.54, 1.807) is 40.9 Å². The number of fused-ring (bicyclic) bond motifs is 1. The van der Waals surface area contributed by atoms with Crippen LogP contribution in [-0.2, 0) is 29.4 Å². The summed E-state index contributed by atoms with van der Waals surface area (Å²) in [6, 6.07) is 7.17. The highest BCUT2D eigenvalue weighted by molar-refractivity contribution is 7.98. The molecule has 0 aromatic carbocycles. The Hall–Kier alpha value is -2.52. The van der Waals surface area contributed by atoms with Gasteiger partial charge < -0.3 is 15.1 Å². The fourth-order valence-corrected chi connectivity index (χ4v) is 4.34. The number of carbonyl (C=O) groups excluding carboxylic acids is 2. The lowest BCUT2D eigenvalue weighted by Crippen LogP contribution is -2.28. The molecule has 0 bridgehead atoms. The Morgan fingerprint density at radius 1 is 1.27 bits per heavy atom. The normalized spacial score (nSPS) is 12.8. The van der Waals surface area contributed by atoms with Gasteiger partial charge in [0.1, 0.15) is 18.1 Å². The molecule has 0 atom stereocenters. The zero-order valence-electron chi connectivity index (χ0n) is 13.7. The molecule has 0 saturated carbocycles. The maximum absolute atomic E-state index is 12.4. The molecule has 4 rings (SSSR count). The fraction of sp³-hybridized carbons (Fsp3) is 0.235. The van der Waals surface area contributed by atoms with Crippen molar-refractivity contribution in [1.82, 2.24) is 15.1 Å². The van der Waals surface area contributed by atoms with E-state index in [9.17, 15) is 9.59 Å². The van der Waals surface area contributed by atoms with Crippen molar-refractivity contribution >= 4 is 40.7 Å². The molecule has 0 unspecified atom stereocenters. The minimum Gasteiger partial charge on any atom is -0.467 e. The fourth-order valence-electron chi connectivity index (χ4n) is 2.69. The van der Waals surface area contributed by atoms with Gasteiger partial charge in [-0.25, -0.2) is 4.68 Å². The summed E-state index contributed by atoms with van der Waals surface area (Å²) in [7, 11) is 0. The molecule has 2 amide bonds. The minimum atomic E-state index is -0.193. The third kappa shape index (κ3) is 3.54. The number of carbonyl (C=O) groups is 2. The van der Waals surface area contributed by atoms with Gasteiger partial charge in [-0.2, -0.15) is 16.9 Å². The second-order valence-corrected chi connectivity index (χ2v) is 7.65. The average molecular weight is 388 g/mol. The topological polar surface area (TPSA) is 89.2 Å². The molecule has 26 heavy (non-hydrogen) atoms. The van der Waals surface area contributed by atoms with Crippen LogP contribution in [-0.4, -0.2) is 21.6 Å². The highest BCUT2D eigenvalue weighted by Crippen LogP contribution is 2.35. The Morgan fingerprint density at radius 2 is 2.19 bits per heavy atom. The molecule has 1 aliphatic rings. The van der Waals surface area contributed by atoms with Crippen LogP contribution in [0.2, 0.25) is 0 Å². The molecule has 0 aliphatic carbocycles. The van der Waals surface area contributed by atoms with Gasteiger partial charge in [0.05, 0.1) is 23.4 Å². The van der Waals surface area contributed by atoms with Gasteiger partial charge in [0, 0.05) is 17.1 Å². The van der Waals surface area contributed by atoms with E-state index in [1.807, 2.05) is 11.4 Å². The lowest BCUT2D eigenvalue weighted by molar-refractivity contribution is -0.122. The first-order valence-corrected chi connectivity index (χ1v) is 10.0. The number of nitrogens with one attached hydrogen (secondary N) is 2. The van der Waals surface area contributed by atoms with E-state index in [0.29, 0.717) is 23.0 Å². The number of amides is 2. The van der Waals surface area contributed by atoms with Crippen LogP contribution in [0.15, 0.2) is 40.3 Å². The third-order valence-corrected chi connectivity index (χ3v) is 5.77. The number of aromatic nitrogens is 2. The van der Waals surface area contributed by atoms with Crippen molar-refractivity contribution in [2.24, 2.45) is 0 Å². The number of thiophene rings is 1. The van der Waals surface area contributed by atoms with Gasteiger partial charge in [-0.1, -0.05) is 6.07 Å². The van der Waals surface area contributed by atoms with Crippen molar-refractivity contribution in [3.05, 3.63) is 57.8 Å². The SMILES string of the molecule is O=C(Cn1nc2c(c1NC(=O)c1cccs1)CSC2)NCc1ccco1. The van der Waals surface area contributed by atoms with Crippen LogP contribution in [0.5, 0.6) is 0 Å². The van der Waals surface area contributed by atoms with Crippen LogP contribution in [0, 0.1) is 0 Å². The molecule has 3 aromatic heterocycles. The predicted molar refractivity (Wildman–Crippen MR) is 100 cm³/mol. The lowest BCUT2D eigenvalue weighted by Gasteiger charge is -2.10. The van der Waals surface area contributed by atoms with Crippen LogP contribution in [0.1, 0.15) is 26.7 Å². The number of anilines is 1. The van der Waals surface area contributed by atoms with Crippen molar-refractivity contribution in [2.45, 2.75) is 24.6 Å². The Kier molecular flexibility index (Phi) is 4.81. The van der Waals surface area contributed by atoms with Crippen molar-refractivity contribution < 1.29 is 14.0 Å². The predicted octanol–water partition coefficient (Wildman–Crippen LogP) is 2.85. The molecule has 0 fully saturated rings. The molecule has 1 aliphatic heterocycles. The van der Waals surface area contributed by atoms with Crippen LogP contribution >= 0.6 is 23.1 Å². The molecule has 0 radical (unpaired) electrons. The smallest absolute Gasteiger partial charge is 0.266 e. The Labute approximate surface area is 157 Å². The molecule has 0 saturated heterocycles. The van der Waals surface area contributed by atoms with E-state index >= 15 is 0 Å².